The highest BCUT2D eigenvalue weighted by Gasteiger charge is 2.25. The number of aromatic nitrogens is 5. The average molecular weight is 465 g/mol. The number of nitrogens with zero attached hydrogens (tertiary/aromatic N) is 5. The van der Waals surface area contributed by atoms with Gasteiger partial charge in [0, 0.05) is 25.0 Å². The van der Waals surface area contributed by atoms with Gasteiger partial charge >= 0.3 is 0 Å². The van der Waals surface area contributed by atoms with Crippen molar-refractivity contribution in [2.75, 3.05) is 7.11 Å². The molecule has 3 aromatic carbocycles. The van der Waals surface area contributed by atoms with Crippen molar-refractivity contribution in [3.05, 3.63) is 115 Å². The van der Waals surface area contributed by atoms with E-state index < -0.39 is 11.9 Å². The molecule has 0 aliphatic rings. The third-order valence-electron chi connectivity index (χ3n) is 5.68. The summed E-state index contributed by atoms with van der Waals surface area (Å²) in [7, 11) is 3.51. The van der Waals surface area contributed by atoms with Gasteiger partial charge in [0.15, 0.2) is 5.82 Å². The topological polar surface area (TPSA) is 86.9 Å². The fourth-order valence-corrected chi connectivity index (χ4v) is 3.88. The minimum absolute atomic E-state index is 0.0698. The molecule has 1 amide bonds. The van der Waals surface area contributed by atoms with Crippen molar-refractivity contribution in [3.63, 3.8) is 0 Å². The van der Waals surface area contributed by atoms with E-state index in [0.717, 1.165) is 22.6 Å². The van der Waals surface area contributed by atoms with E-state index in [9.17, 15) is 4.79 Å². The van der Waals surface area contributed by atoms with Crippen LogP contribution < -0.4 is 10.1 Å². The lowest BCUT2D eigenvalue weighted by molar-refractivity contribution is 0.0930. The first-order chi connectivity index (χ1) is 17.1. The number of rotatable bonds is 7. The second-order valence-corrected chi connectivity index (χ2v) is 7.95. The molecule has 0 radical (unpaired) electrons. The largest absolute Gasteiger partial charge is 0.497 e. The molecule has 0 aliphatic carbocycles. The molecule has 35 heavy (non-hydrogen) atoms. The Hall–Kier alpha value is -4.72. The minimum atomic E-state index is -0.503. The number of ether oxygens (including phenoxy) is 1. The molecule has 5 aromatic rings. The first-order valence-electron chi connectivity index (χ1n) is 11.1. The smallest absolute Gasteiger partial charge is 0.291 e. The normalized spacial score (nSPS) is 11.7. The molecule has 5 rings (SSSR count). The Morgan fingerprint density at radius 2 is 1.63 bits per heavy atom. The number of nitrogens with one attached hydrogen (secondary N) is 1. The maximum absolute atomic E-state index is 13.5. The summed E-state index contributed by atoms with van der Waals surface area (Å²) in [5.41, 5.74) is 2.53. The van der Waals surface area contributed by atoms with E-state index in [1.54, 1.807) is 18.0 Å². The first-order valence-corrected chi connectivity index (χ1v) is 11.1. The summed E-state index contributed by atoms with van der Waals surface area (Å²) < 4.78 is 8.85. The van der Waals surface area contributed by atoms with Crippen molar-refractivity contribution in [1.29, 1.82) is 0 Å². The van der Waals surface area contributed by atoms with Gasteiger partial charge in [0.1, 0.15) is 17.6 Å². The van der Waals surface area contributed by atoms with Crippen molar-refractivity contribution in [1.82, 2.24) is 29.6 Å². The van der Waals surface area contributed by atoms with Crippen molar-refractivity contribution >= 4 is 5.91 Å². The highest BCUT2D eigenvalue weighted by atomic mass is 16.5. The lowest BCUT2D eigenvalue weighted by Crippen LogP contribution is -2.32. The predicted octanol–water partition coefficient (Wildman–Crippen LogP) is 4.20. The van der Waals surface area contributed by atoms with Crippen LogP contribution >= 0.6 is 0 Å². The number of hydrogen-bond donors (Lipinski definition) is 1. The number of para-hydroxylation sites is 1. The zero-order valence-electron chi connectivity index (χ0n) is 19.4. The molecule has 0 fully saturated rings. The van der Waals surface area contributed by atoms with E-state index in [1.807, 2.05) is 103 Å². The fraction of sp³-hybridized carbons (Fsp3) is 0.111. The quantitative estimate of drug-likeness (QED) is 0.390. The monoisotopic (exact) mass is 464 g/mol. The van der Waals surface area contributed by atoms with E-state index in [1.165, 1.54) is 0 Å². The molecule has 1 atom stereocenters. The van der Waals surface area contributed by atoms with E-state index in [0.29, 0.717) is 11.6 Å². The van der Waals surface area contributed by atoms with Gasteiger partial charge in [-0.1, -0.05) is 60.7 Å². The molecule has 8 nitrogen and oxygen atoms in total. The Morgan fingerprint density at radius 3 is 2.26 bits per heavy atom. The molecular formula is C27H24N6O2. The molecular weight excluding hydrogens is 440 g/mol. The van der Waals surface area contributed by atoms with E-state index >= 15 is 0 Å². The number of benzene rings is 3. The van der Waals surface area contributed by atoms with Crippen LogP contribution in [0.3, 0.4) is 0 Å². The van der Waals surface area contributed by atoms with Crippen LogP contribution in [0.5, 0.6) is 5.75 Å². The number of imidazole rings is 1. The minimum Gasteiger partial charge on any atom is -0.497 e. The molecule has 8 heteroatoms. The van der Waals surface area contributed by atoms with Crippen LogP contribution in [0, 0.1) is 0 Å². The number of carbonyl (C=O) groups excluding carboxylic acids is 1. The maximum Gasteiger partial charge on any atom is 0.291 e. The van der Waals surface area contributed by atoms with Gasteiger partial charge in [0.25, 0.3) is 5.91 Å². The van der Waals surface area contributed by atoms with Crippen LogP contribution in [0.25, 0.3) is 17.1 Å². The molecule has 1 unspecified atom stereocenters. The Balaban J connectivity index is 1.53. The Bertz CT molecular complexity index is 1370. The molecule has 1 N–H and O–H groups in total. The van der Waals surface area contributed by atoms with Gasteiger partial charge < -0.3 is 14.6 Å². The summed E-state index contributed by atoms with van der Waals surface area (Å²) in [5.74, 6) is 1.67. The second-order valence-electron chi connectivity index (χ2n) is 7.95. The Labute approximate surface area is 202 Å². The molecule has 174 valence electrons. The van der Waals surface area contributed by atoms with Gasteiger partial charge in [-0.15, -0.1) is 5.10 Å². The summed E-state index contributed by atoms with van der Waals surface area (Å²) in [6.45, 7) is 0. The van der Waals surface area contributed by atoms with Crippen molar-refractivity contribution in [2.45, 2.75) is 6.04 Å². The maximum atomic E-state index is 13.5. The summed E-state index contributed by atoms with van der Waals surface area (Å²) in [6, 6.07) is 26.3. The summed E-state index contributed by atoms with van der Waals surface area (Å²) >= 11 is 0. The Morgan fingerprint density at radius 1 is 0.943 bits per heavy atom. The average Bonchev–Trinajstić information content (AvgIpc) is 3.55. The molecule has 0 bridgehead atoms. The van der Waals surface area contributed by atoms with Gasteiger partial charge in [0.2, 0.25) is 5.82 Å². The highest BCUT2D eigenvalue weighted by molar-refractivity contribution is 5.91. The molecule has 0 saturated heterocycles. The highest BCUT2D eigenvalue weighted by Crippen LogP contribution is 2.25. The van der Waals surface area contributed by atoms with Crippen LogP contribution in [0.15, 0.2) is 97.3 Å². The SMILES string of the molecule is COc1ccc(C(NC(=O)c2nc(-c3ccccc3)n(-c3ccccc3)n2)c2nccn2C)cc1. The molecule has 2 heterocycles. The number of methoxy groups -OCH3 is 1. The zero-order chi connectivity index (χ0) is 24.2. The van der Waals surface area contributed by atoms with Gasteiger partial charge in [-0.05, 0) is 29.8 Å². The molecule has 0 aliphatic heterocycles. The number of amides is 1. The van der Waals surface area contributed by atoms with Crippen LogP contribution in [0.2, 0.25) is 0 Å². The number of hydrogen-bond acceptors (Lipinski definition) is 5. The van der Waals surface area contributed by atoms with Crippen LogP contribution in [-0.4, -0.2) is 37.3 Å². The van der Waals surface area contributed by atoms with E-state index in [4.69, 9.17) is 4.74 Å². The van der Waals surface area contributed by atoms with Crippen molar-refractivity contribution < 1.29 is 9.53 Å². The lowest BCUT2D eigenvalue weighted by Gasteiger charge is -2.18. The standard InChI is InChI=1S/C27H24N6O2/c1-32-18-17-28-26(32)23(19-13-15-22(35-2)16-14-19)29-27(34)24-30-25(20-9-5-3-6-10-20)33(31-24)21-11-7-4-8-12-21/h3-18,23H,1-2H3,(H,29,34). The summed E-state index contributed by atoms with van der Waals surface area (Å²) in [4.78, 5) is 22.6. The molecule has 2 aromatic heterocycles. The van der Waals surface area contributed by atoms with E-state index in [2.05, 4.69) is 20.4 Å². The summed E-state index contributed by atoms with van der Waals surface area (Å²) in [6.07, 6.45) is 3.54. The van der Waals surface area contributed by atoms with Crippen LogP contribution in [0.4, 0.5) is 0 Å². The van der Waals surface area contributed by atoms with Gasteiger partial charge in [-0.25, -0.2) is 14.6 Å². The Kier molecular flexibility index (Phi) is 6.09. The molecule has 0 saturated carbocycles. The first kappa shape index (κ1) is 22.1. The molecule has 0 spiro atoms. The summed E-state index contributed by atoms with van der Waals surface area (Å²) in [5, 5.41) is 7.65. The number of carbonyl (C=O) groups is 1. The van der Waals surface area contributed by atoms with Gasteiger partial charge in [0.05, 0.1) is 12.8 Å². The zero-order valence-corrected chi connectivity index (χ0v) is 19.4. The third-order valence-corrected chi connectivity index (χ3v) is 5.68. The number of aryl methyl sites for hydroxylation is 1. The van der Waals surface area contributed by atoms with Crippen molar-refractivity contribution in [2.24, 2.45) is 7.05 Å². The lowest BCUT2D eigenvalue weighted by atomic mass is 10.1. The third kappa shape index (κ3) is 4.54. The fourth-order valence-electron chi connectivity index (χ4n) is 3.88. The van der Waals surface area contributed by atoms with E-state index in [-0.39, 0.29) is 5.82 Å². The van der Waals surface area contributed by atoms with Crippen molar-refractivity contribution in [3.8, 4) is 22.8 Å². The van der Waals surface area contributed by atoms with Crippen LogP contribution in [-0.2, 0) is 7.05 Å². The predicted molar refractivity (Wildman–Crippen MR) is 132 cm³/mol. The second kappa shape index (κ2) is 9.64. The van der Waals surface area contributed by atoms with Gasteiger partial charge in [-0.3, -0.25) is 4.79 Å². The van der Waals surface area contributed by atoms with Crippen LogP contribution in [0.1, 0.15) is 28.0 Å². The van der Waals surface area contributed by atoms with Gasteiger partial charge in [-0.2, -0.15) is 0 Å².